The summed E-state index contributed by atoms with van der Waals surface area (Å²) in [6, 6.07) is 9.76. The highest BCUT2D eigenvalue weighted by Gasteiger charge is 2.40. The van der Waals surface area contributed by atoms with Crippen molar-refractivity contribution in [3.8, 4) is 0 Å². The van der Waals surface area contributed by atoms with Crippen LogP contribution in [0.15, 0.2) is 51.0 Å². The molecule has 0 aliphatic carbocycles. The van der Waals surface area contributed by atoms with Crippen molar-refractivity contribution in [3.63, 3.8) is 0 Å². The molecular formula is C19H19N3O5S3. The minimum absolute atomic E-state index is 0.0888. The monoisotopic (exact) mass is 465 g/mol. The lowest BCUT2D eigenvalue weighted by Crippen LogP contribution is -2.40. The van der Waals surface area contributed by atoms with Crippen LogP contribution in [-0.2, 0) is 30.9 Å². The Labute approximate surface area is 181 Å². The molecule has 1 aromatic carbocycles. The van der Waals surface area contributed by atoms with Gasteiger partial charge in [-0.2, -0.15) is 9.30 Å². The highest BCUT2D eigenvalue weighted by Crippen LogP contribution is 2.29. The first-order valence-electron chi connectivity index (χ1n) is 9.21. The van der Waals surface area contributed by atoms with E-state index in [1.165, 1.54) is 28.8 Å². The molecule has 0 spiro atoms. The molecule has 11 heteroatoms. The molecule has 1 aliphatic heterocycles. The van der Waals surface area contributed by atoms with Gasteiger partial charge in [0.15, 0.2) is 4.80 Å². The molecule has 1 fully saturated rings. The lowest BCUT2D eigenvalue weighted by molar-refractivity contribution is -0.141. The number of carbonyl (C=O) groups is 2. The van der Waals surface area contributed by atoms with Gasteiger partial charge >= 0.3 is 5.97 Å². The number of hydrogen-bond acceptors (Lipinski definition) is 7. The molecule has 0 saturated carbocycles. The SMILES string of the molecule is COC(=O)Cn1c(=NC(=O)[C@H]2CCCN2S(=O)(=O)c2cccs2)sc2ccccc21. The second-order valence-corrected chi connectivity index (χ2v) is 10.7. The summed E-state index contributed by atoms with van der Waals surface area (Å²) in [5, 5.41) is 1.69. The third-order valence-electron chi connectivity index (χ3n) is 4.86. The van der Waals surface area contributed by atoms with Crippen LogP contribution >= 0.6 is 22.7 Å². The van der Waals surface area contributed by atoms with E-state index in [2.05, 4.69) is 4.99 Å². The van der Waals surface area contributed by atoms with Crippen molar-refractivity contribution in [2.45, 2.75) is 29.6 Å². The summed E-state index contributed by atoms with van der Waals surface area (Å²) < 4.78 is 34.6. The van der Waals surface area contributed by atoms with Crippen molar-refractivity contribution in [2.24, 2.45) is 4.99 Å². The van der Waals surface area contributed by atoms with Crippen LogP contribution in [0.1, 0.15) is 12.8 Å². The third-order valence-corrected chi connectivity index (χ3v) is 9.20. The van der Waals surface area contributed by atoms with Crippen molar-refractivity contribution in [2.75, 3.05) is 13.7 Å². The van der Waals surface area contributed by atoms with Crippen LogP contribution < -0.4 is 4.80 Å². The number of rotatable bonds is 5. The van der Waals surface area contributed by atoms with Gasteiger partial charge in [0, 0.05) is 6.54 Å². The van der Waals surface area contributed by atoms with Gasteiger partial charge in [0.2, 0.25) is 0 Å². The topological polar surface area (TPSA) is 98.0 Å². The maximum Gasteiger partial charge on any atom is 0.325 e. The van der Waals surface area contributed by atoms with E-state index in [1.807, 2.05) is 24.3 Å². The van der Waals surface area contributed by atoms with Crippen molar-refractivity contribution in [1.29, 1.82) is 0 Å². The number of sulfonamides is 1. The maximum atomic E-state index is 13.0. The Morgan fingerprint density at radius 1 is 1.23 bits per heavy atom. The average Bonchev–Trinajstić information content (AvgIpc) is 3.48. The zero-order valence-electron chi connectivity index (χ0n) is 16.1. The molecule has 8 nitrogen and oxygen atoms in total. The zero-order chi connectivity index (χ0) is 21.3. The summed E-state index contributed by atoms with van der Waals surface area (Å²) in [5.41, 5.74) is 0.758. The van der Waals surface area contributed by atoms with Gasteiger partial charge in [0.05, 0.1) is 17.3 Å². The van der Waals surface area contributed by atoms with E-state index < -0.39 is 27.9 Å². The fourth-order valence-electron chi connectivity index (χ4n) is 3.42. The number of thiazole rings is 1. The zero-order valence-corrected chi connectivity index (χ0v) is 18.5. The Kier molecular flexibility index (Phi) is 5.87. The number of carbonyl (C=O) groups excluding carboxylic acids is 2. The van der Waals surface area contributed by atoms with Crippen molar-refractivity contribution in [1.82, 2.24) is 8.87 Å². The first-order valence-corrected chi connectivity index (χ1v) is 12.3. The number of aromatic nitrogens is 1. The summed E-state index contributed by atoms with van der Waals surface area (Å²) in [6.07, 6.45) is 1.000. The number of hydrogen-bond donors (Lipinski definition) is 0. The largest absolute Gasteiger partial charge is 0.468 e. The third kappa shape index (κ3) is 3.85. The van der Waals surface area contributed by atoms with Gasteiger partial charge in [-0.15, -0.1) is 11.3 Å². The number of ether oxygens (including phenoxy) is 1. The number of nitrogens with zero attached hydrogens (tertiary/aromatic N) is 3. The number of para-hydroxylation sites is 1. The van der Waals surface area contributed by atoms with Crippen LogP contribution in [0.4, 0.5) is 0 Å². The number of fused-ring (bicyclic) bond motifs is 1. The number of benzene rings is 1. The van der Waals surface area contributed by atoms with Crippen LogP contribution in [0.3, 0.4) is 0 Å². The molecule has 1 amide bonds. The van der Waals surface area contributed by atoms with E-state index in [4.69, 9.17) is 4.74 Å². The van der Waals surface area contributed by atoms with Crippen LogP contribution in [0.25, 0.3) is 10.2 Å². The summed E-state index contributed by atoms with van der Waals surface area (Å²) in [4.78, 5) is 29.5. The lowest BCUT2D eigenvalue weighted by atomic mass is 10.2. The molecule has 0 bridgehead atoms. The standard InChI is InChI=1S/C19H19N3O5S3/c1-27-16(23)12-21-13-6-2-3-8-15(13)29-19(21)20-18(24)14-7-4-10-22(14)30(25,26)17-9-5-11-28-17/h2-3,5-6,8-9,11,14H,4,7,10,12H2,1H3/t14-/m1/s1. The van der Waals surface area contributed by atoms with Gasteiger partial charge in [-0.3, -0.25) is 9.59 Å². The normalized spacial score (nSPS) is 18.2. The van der Waals surface area contributed by atoms with Crippen LogP contribution in [-0.4, -0.2) is 48.9 Å². The molecule has 158 valence electrons. The Bertz CT molecular complexity index is 1260. The van der Waals surface area contributed by atoms with E-state index in [-0.39, 0.29) is 17.3 Å². The first kappa shape index (κ1) is 20.9. The van der Waals surface area contributed by atoms with E-state index in [0.717, 1.165) is 21.6 Å². The van der Waals surface area contributed by atoms with E-state index in [1.54, 1.807) is 16.0 Å². The molecular weight excluding hydrogens is 446 g/mol. The van der Waals surface area contributed by atoms with Crippen LogP contribution in [0, 0.1) is 0 Å². The summed E-state index contributed by atoms with van der Waals surface area (Å²) in [7, 11) is -2.45. The second kappa shape index (κ2) is 8.42. The second-order valence-electron chi connectivity index (χ2n) is 6.67. The number of methoxy groups -OCH3 is 1. The molecule has 0 unspecified atom stereocenters. The molecule has 30 heavy (non-hydrogen) atoms. The molecule has 3 heterocycles. The predicted octanol–water partition coefficient (Wildman–Crippen LogP) is 2.22. The smallest absolute Gasteiger partial charge is 0.325 e. The van der Waals surface area contributed by atoms with E-state index >= 15 is 0 Å². The molecule has 1 saturated heterocycles. The molecule has 2 aromatic heterocycles. The number of thiophene rings is 1. The molecule has 3 aromatic rings. The Morgan fingerprint density at radius 3 is 2.77 bits per heavy atom. The van der Waals surface area contributed by atoms with Gasteiger partial charge in [0.25, 0.3) is 15.9 Å². The first-order chi connectivity index (χ1) is 14.4. The van der Waals surface area contributed by atoms with Gasteiger partial charge in [-0.25, -0.2) is 8.42 Å². The molecule has 0 N–H and O–H groups in total. The van der Waals surface area contributed by atoms with Gasteiger partial charge in [-0.1, -0.05) is 29.5 Å². The molecule has 1 atom stereocenters. The summed E-state index contributed by atoms with van der Waals surface area (Å²) in [5.74, 6) is -0.993. The van der Waals surface area contributed by atoms with E-state index in [0.29, 0.717) is 17.6 Å². The summed E-state index contributed by atoms with van der Waals surface area (Å²) >= 11 is 2.40. The van der Waals surface area contributed by atoms with Crippen LogP contribution in [0.2, 0.25) is 0 Å². The predicted molar refractivity (Wildman–Crippen MR) is 114 cm³/mol. The number of esters is 1. The minimum atomic E-state index is -3.75. The van der Waals surface area contributed by atoms with Gasteiger partial charge in [-0.05, 0) is 36.4 Å². The Balaban J connectivity index is 1.73. The van der Waals surface area contributed by atoms with Crippen molar-refractivity contribution in [3.05, 3.63) is 46.6 Å². The van der Waals surface area contributed by atoms with Crippen molar-refractivity contribution < 1.29 is 22.7 Å². The highest BCUT2D eigenvalue weighted by atomic mass is 32.2. The van der Waals surface area contributed by atoms with Gasteiger partial charge in [0.1, 0.15) is 16.8 Å². The minimum Gasteiger partial charge on any atom is -0.468 e. The highest BCUT2D eigenvalue weighted by molar-refractivity contribution is 7.91. The van der Waals surface area contributed by atoms with Crippen LogP contribution in [0.5, 0.6) is 0 Å². The number of amides is 1. The van der Waals surface area contributed by atoms with Crippen molar-refractivity contribution >= 4 is 54.8 Å². The average molecular weight is 466 g/mol. The maximum absolute atomic E-state index is 13.0. The Morgan fingerprint density at radius 2 is 2.03 bits per heavy atom. The fraction of sp³-hybridized carbons (Fsp3) is 0.316. The molecule has 0 radical (unpaired) electrons. The van der Waals surface area contributed by atoms with Gasteiger partial charge < -0.3 is 9.30 Å². The molecule has 4 rings (SSSR count). The summed E-state index contributed by atoms with van der Waals surface area (Å²) in [6.45, 7) is 0.190. The Hall–Kier alpha value is -2.34. The molecule has 1 aliphatic rings. The fourth-order valence-corrected chi connectivity index (χ4v) is 7.23. The quantitative estimate of drug-likeness (QED) is 0.538. The lowest BCUT2D eigenvalue weighted by Gasteiger charge is -2.20. The van der Waals surface area contributed by atoms with E-state index in [9.17, 15) is 18.0 Å².